The minimum absolute atomic E-state index is 0. The van der Waals surface area contributed by atoms with Crippen LogP contribution in [0.4, 0.5) is 0 Å². The molecule has 0 saturated carbocycles. The van der Waals surface area contributed by atoms with Crippen LogP contribution in [-0.2, 0) is 9.59 Å². The summed E-state index contributed by atoms with van der Waals surface area (Å²) in [6.45, 7) is 0. The molecule has 0 radical (unpaired) electrons. The number of hydrogen-bond donors (Lipinski definition) is 0. The van der Waals surface area contributed by atoms with Gasteiger partial charge in [0.05, 0.1) is 11.9 Å². The van der Waals surface area contributed by atoms with E-state index in [1.807, 2.05) is 0 Å². The summed E-state index contributed by atoms with van der Waals surface area (Å²) in [5, 5.41) is 18.8. The third-order valence-corrected chi connectivity index (χ3v) is 0.355. The van der Waals surface area contributed by atoms with E-state index in [1.165, 1.54) is 0 Å². The minimum Gasteiger partial charge on any atom is -0.545 e. The Hall–Kier alpha value is -1.45. The summed E-state index contributed by atoms with van der Waals surface area (Å²) in [7, 11) is 0. The molecule has 10 heavy (non-hydrogen) atoms. The fraction of sp³-hybridized carbons (Fsp3) is 0.167. The van der Waals surface area contributed by atoms with Gasteiger partial charge in [0.25, 0.3) is 0 Å². The Morgan fingerprint density at radius 2 is 1.20 bits per heavy atom. The molecule has 58 valence electrons. The van der Waals surface area contributed by atoms with Crippen molar-refractivity contribution < 1.29 is 19.8 Å². The normalized spacial score (nSPS) is 7.60. The average Bonchev–Trinajstić information content (AvgIpc) is 1.61. The SMILES string of the molecule is C.O=C([O-])/C=C/C(=O)[O-].[CH3+]. The second-order valence-corrected chi connectivity index (χ2v) is 0.971. The maximum Gasteiger partial charge on any atom is 0.0643 e. The molecule has 0 aliphatic rings. The fourth-order valence-electron chi connectivity index (χ4n) is 0.136. The minimum atomic E-state index is -1.55. The fourth-order valence-corrected chi connectivity index (χ4v) is 0.136. The largest absolute Gasteiger partial charge is 0.545 e. The third kappa shape index (κ3) is 16.0. The van der Waals surface area contributed by atoms with Gasteiger partial charge in [-0.1, -0.05) is 7.43 Å². The van der Waals surface area contributed by atoms with E-state index in [1.54, 1.807) is 0 Å². The van der Waals surface area contributed by atoms with Gasteiger partial charge in [0, 0.05) is 7.43 Å². The Labute approximate surface area is 59.8 Å². The molecule has 0 saturated heterocycles. The van der Waals surface area contributed by atoms with E-state index in [-0.39, 0.29) is 14.9 Å². The summed E-state index contributed by atoms with van der Waals surface area (Å²) in [5.74, 6) is -3.09. The van der Waals surface area contributed by atoms with Crippen molar-refractivity contribution in [3.63, 3.8) is 0 Å². The second kappa shape index (κ2) is 7.55. The molecule has 0 atom stereocenters. The number of carboxylic acids is 2. The number of carboxylic acid groups (broad SMARTS) is 2. The van der Waals surface area contributed by atoms with Crippen LogP contribution < -0.4 is 10.2 Å². The highest BCUT2D eigenvalue weighted by molar-refractivity contribution is 5.87. The van der Waals surface area contributed by atoms with Crippen molar-refractivity contribution in [2.45, 2.75) is 7.43 Å². The highest BCUT2D eigenvalue weighted by Crippen LogP contribution is 1.64. The van der Waals surface area contributed by atoms with Gasteiger partial charge in [-0.05, 0) is 12.2 Å². The lowest BCUT2D eigenvalue weighted by molar-refractivity contribution is -0.301. The van der Waals surface area contributed by atoms with Gasteiger partial charge in [-0.15, -0.1) is 0 Å². The maximum atomic E-state index is 9.41. The summed E-state index contributed by atoms with van der Waals surface area (Å²) < 4.78 is 0. The van der Waals surface area contributed by atoms with Crippen molar-refractivity contribution in [1.29, 1.82) is 0 Å². The zero-order chi connectivity index (χ0) is 6.57. The van der Waals surface area contributed by atoms with Gasteiger partial charge in [0.15, 0.2) is 0 Å². The monoisotopic (exact) mass is 145 g/mol. The molecular weight excluding hydrogens is 136 g/mol. The summed E-state index contributed by atoms with van der Waals surface area (Å²) in [6, 6.07) is 0. The Morgan fingerprint density at radius 3 is 1.30 bits per heavy atom. The third-order valence-electron chi connectivity index (χ3n) is 0.355. The second-order valence-electron chi connectivity index (χ2n) is 0.971. The Morgan fingerprint density at radius 1 is 1.00 bits per heavy atom. The lowest BCUT2D eigenvalue weighted by Gasteiger charge is -1.90. The molecule has 0 unspecified atom stereocenters. The molecule has 4 heteroatoms. The molecule has 4 nitrogen and oxygen atoms in total. The molecule has 0 rings (SSSR count). The van der Waals surface area contributed by atoms with Gasteiger partial charge in [0.2, 0.25) is 0 Å². The van der Waals surface area contributed by atoms with Gasteiger partial charge in [-0.25, -0.2) is 0 Å². The molecule has 0 spiro atoms. The quantitative estimate of drug-likeness (QED) is 0.336. The van der Waals surface area contributed by atoms with Crippen LogP contribution in [0.15, 0.2) is 12.2 Å². The summed E-state index contributed by atoms with van der Waals surface area (Å²) in [6.07, 6.45) is 0.769. The van der Waals surface area contributed by atoms with Crippen LogP contribution >= 0.6 is 0 Å². The lowest BCUT2D eigenvalue weighted by atomic mass is 10.5. The highest BCUT2D eigenvalue weighted by atomic mass is 16.4. The van der Waals surface area contributed by atoms with Crippen LogP contribution in [0.25, 0.3) is 0 Å². The molecule has 0 aliphatic carbocycles. The van der Waals surface area contributed by atoms with Crippen LogP contribution in [-0.4, -0.2) is 11.9 Å². The molecule has 0 bridgehead atoms. The van der Waals surface area contributed by atoms with E-state index >= 15 is 0 Å². The zero-order valence-electron chi connectivity index (χ0n) is 4.79. The van der Waals surface area contributed by atoms with Crippen LogP contribution in [0.1, 0.15) is 7.43 Å². The first-order chi connectivity index (χ1) is 3.63. The van der Waals surface area contributed by atoms with Crippen LogP contribution in [0.3, 0.4) is 0 Å². The van der Waals surface area contributed by atoms with E-state index in [4.69, 9.17) is 0 Å². The number of carbonyl (C=O) groups excluding carboxylic acids is 2. The van der Waals surface area contributed by atoms with Crippen molar-refractivity contribution in [3.05, 3.63) is 19.6 Å². The summed E-state index contributed by atoms with van der Waals surface area (Å²) in [5.41, 5.74) is 0. The molecular formula is C6H9O4-. The number of rotatable bonds is 2. The predicted octanol–water partition coefficient (Wildman–Crippen LogP) is -1.87. The van der Waals surface area contributed by atoms with Crippen LogP contribution in [0, 0.1) is 7.43 Å². The number of aliphatic carboxylic acids is 2. The highest BCUT2D eigenvalue weighted by Gasteiger charge is 1.70. The van der Waals surface area contributed by atoms with Crippen molar-refractivity contribution >= 4 is 11.9 Å². The lowest BCUT2D eigenvalue weighted by Crippen LogP contribution is -2.23. The molecule has 0 heterocycles. The molecule has 0 aromatic rings. The molecule has 0 amide bonds. The first kappa shape index (κ1) is 15.8. The van der Waals surface area contributed by atoms with Crippen molar-refractivity contribution in [1.82, 2.24) is 0 Å². The smallest absolute Gasteiger partial charge is 0.0643 e. The molecule has 0 aromatic heterocycles. The van der Waals surface area contributed by atoms with Crippen molar-refractivity contribution in [2.75, 3.05) is 0 Å². The first-order valence-electron chi connectivity index (χ1n) is 1.73. The van der Waals surface area contributed by atoms with Crippen LogP contribution in [0.5, 0.6) is 0 Å². The average molecular weight is 145 g/mol. The van der Waals surface area contributed by atoms with E-state index in [2.05, 4.69) is 0 Å². The first-order valence-corrected chi connectivity index (χ1v) is 1.73. The van der Waals surface area contributed by atoms with Crippen molar-refractivity contribution in [3.8, 4) is 0 Å². The topological polar surface area (TPSA) is 80.3 Å². The van der Waals surface area contributed by atoms with E-state index in [0.717, 1.165) is 0 Å². The summed E-state index contributed by atoms with van der Waals surface area (Å²) in [4.78, 5) is 18.8. The number of carbonyl (C=O) groups is 2. The van der Waals surface area contributed by atoms with Crippen LogP contribution in [0.2, 0.25) is 0 Å². The molecule has 0 aromatic carbocycles. The molecule has 0 fully saturated rings. The van der Waals surface area contributed by atoms with Gasteiger partial charge in [-0.2, -0.15) is 0 Å². The molecule has 0 aliphatic heterocycles. The number of hydrogen-bond acceptors (Lipinski definition) is 4. The zero-order valence-corrected chi connectivity index (χ0v) is 4.79. The Kier molecular flexibility index (Phi) is 11.9. The van der Waals surface area contributed by atoms with Gasteiger partial charge in [-0.3, -0.25) is 0 Å². The summed E-state index contributed by atoms with van der Waals surface area (Å²) >= 11 is 0. The Bertz CT molecular complexity index is 121. The van der Waals surface area contributed by atoms with Gasteiger partial charge < -0.3 is 19.8 Å². The van der Waals surface area contributed by atoms with E-state index < -0.39 is 11.9 Å². The van der Waals surface area contributed by atoms with Gasteiger partial charge in [0.1, 0.15) is 0 Å². The predicted molar refractivity (Wildman–Crippen MR) is 32.3 cm³/mol. The van der Waals surface area contributed by atoms with E-state index in [0.29, 0.717) is 12.2 Å². The molecule has 0 N–H and O–H groups in total. The Balaban J connectivity index is -0.000000245. The van der Waals surface area contributed by atoms with Gasteiger partial charge >= 0.3 is 0 Å². The van der Waals surface area contributed by atoms with E-state index in [9.17, 15) is 19.8 Å². The van der Waals surface area contributed by atoms with Crippen molar-refractivity contribution in [2.24, 2.45) is 0 Å². The maximum absolute atomic E-state index is 9.41. The standard InChI is InChI=1S/C4H4O4.CH4.CH3/c5-3(6)1-2-4(7)8;;/h1-2H,(H,5,6)(H,7,8);1H4;1H3/q;;+1/p-2/b2-1+;;.